The van der Waals surface area contributed by atoms with E-state index < -0.39 is 0 Å². The van der Waals surface area contributed by atoms with Crippen LogP contribution in [0.25, 0.3) is 0 Å². The Kier molecular flexibility index (Phi) is 3.91. The molecule has 0 aliphatic rings. The van der Waals surface area contributed by atoms with Crippen molar-refractivity contribution in [1.82, 2.24) is 10.3 Å². The SMILES string of the molecule is CCN=C(N)NC(C)c1ccccn1. The Morgan fingerprint density at radius 1 is 1.64 bits per heavy atom. The normalized spacial score (nSPS) is 13.7. The molecule has 0 aromatic carbocycles. The molecule has 0 saturated carbocycles. The molecule has 14 heavy (non-hydrogen) atoms. The van der Waals surface area contributed by atoms with E-state index in [0.29, 0.717) is 12.5 Å². The largest absolute Gasteiger partial charge is 0.370 e. The fourth-order valence-corrected chi connectivity index (χ4v) is 1.14. The molecule has 0 fully saturated rings. The summed E-state index contributed by atoms with van der Waals surface area (Å²) in [6.07, 6.45) is 1.76. The third-order valence-electron chi connectivity index (χ3n) is 1.82. The van der Waals surface area contributed by atoms with Crippen LogP contribution in [-0.4, -0.2) is 17.5 Å². The summed E-state index contributed by atoms with van der Waals surface area (Å²) in [5.74, 6) is 0.464. The second-order valence-corrected chi connectivity index (χ2v) is 2.98. The van der Waals surface area contributed by atoms with Gasteiger partial charge in [0.1, 0.15) is 0 Å². The van der Waals surface area contributed by atoms with Crippen LogP contribution in [0.2, 0.25) is 0 Å². The highest BCUT2D eigenvalue weighted by atomic mass is 15.1. The molecule has 0 spiro atoms. The predicted molar refractivity (Wildman–Crippen MR) is 58.0 cm³/mol. The number of hydrogen-bond donors (Lipinski definition) is 2. The number of rotatable bonds is 3. The second kappa shape index (κ2) is 5.21. The molecule has 0 aliphatic carbocycles. The van der Waals surface area contributed by atoms with Crippen LogP contribution in [0.3, 0.4) is 0 Å². The van der Waals surface area contributed by atoms with Gasteiger partial charge in [-0.1, -0.05) is 6.07 Å². The maximum Gasteiger partial charge on any atom is 0.189 e. The van der Waals surface area contributed by atoms with Gasteiger partial charge in [-0.3, -0.25) is 9.98 Å². The third-order valence-corrected chi connectivity index (χ3v) is 1.82. The number of nitrogens with one attached hydrogen (secondary N) is 1. The lowest BCUT2D eigenvalue weighted by Crippen LogP contribution is -2.34. The Labute approximate surface area is 84.3 Å². The first-order valence-electron chi connectivity index (χ1n) is 4.71. The number of pyridine rings is 1. The lowest BCUT2D eigenvalue weighted by molar-refractivity contribution is 0.685. The van der Waals surface area contributed by atoms with E-state index in [1.165, 1.54) is 0 Å². The fourth-order valence-electron chi connectivity index (χ4n) is 1.14. The number of guanidine groups is 1. The van der Waals surface area contributed by atoms with Gasteiger partial charge >= 0.3 is 0 Å². The van der Waals surface area contributed by atoms with Gasteiger partial charge in [-0.15, -0.1) is 0 Å². The van der Waals surface area contributed by atoms with Crippen molar-refractivity contribution in [3.8, 4) is 0 Å². The van der Waals surface area contributed by atoms with E-state index in [1.54, 1.807) is 6.20 Å². The van der Waals surface area contributed by atoms with Crippen molar-refractivity contribution in [2.45, 2.75) is 19.9 Å². The molecule has 0 saturated heterocycles. The molecule has 76 valence electrons. The van der Waals surface area contributed by atoms with E-state index in [4.69, 9.17) is 5.73 Å². The molecule has 0 bridgehead atoms. The van der Waals surface area contributed by atoms with Crippen molar-refractivity contribution in [2.24, 2.45) is 10.7 Å². The number of aliphatic imine (C=N–C) groups is 1. The average molecular weight is 192 g/mol. The lowest BCUT2D eigenvalue weighted by atomic mass is 10.2. The molecule has 1 aromatic heterocycles. The van der Waals surface area contributed by atoms with E-state index in [2.05, 4.69) is 15.3 Å². The Hall–Kier alpha value is -1.58. The van der Waals surface area contributed by atoms with Crippen LogP contribution in [0.4, 0.5) is 0 Å². The summed E-state index contributed by atoms with van der Waals surface area (Å²) in [6.45, 7) is 4.63. The Morgan fingerprint density at radius 2 is 2.43 bits per heavy atom. The molecule has 1 atom stereocenters. The third kappa shape index (κ3) is 3.05. The molecule has 4 nitrogen and oxygen atoms in total. The average Bonchev–Trinajstić information content (AvgIpc) is 2.19. The maximum absolute atomic E-state index is 5.63. The highest BCUT2D eigenvalue weighted by Crippen LogP contribution is 2.06. The van der Waals surface area contributed by atoms with Crippen molar-refractivity contribution in [2.75, 3.05) is 6.54 Å². The Morgan fingerprint density at radius 3 is 3.00 bits per heavy atom. The monoisotopic (exact) mass is 192 g/mol. The van der Waals surface area contributed by atoms with Gasteiger partial charge in [-0.05, 0) is 26.0 Å². The molecule has 0 aliphatic heterocycles. The summed E-state index contributed by atoms with van der Waals surface area (Å²) in [7, 11) is 0. The van der Waals surface area contributed by atoms with Gasteiger partial charge in [0.2, 0.25) is 0 Å². The Balaban J connectivity index is 2.59. The van der Waals surface area contributed by atoms with Crippen LogP contribution in [0.1, 0.15) is 25.6 Å². The minimum Gasteiger partial charge on any atom is -0.370 e. The molecule has 4 heteroatoms. The van der Waals surface area contributed by atoms with Gasteiger partial charge in [0.15, 0.2) is 5.96 Å². The second-order valence-electron chi connectivity index (χ2n) is 2.98. The minimum atomic E-state index is 0.0894. The number of hydrogen-bond acceptors (Lipinski definition) is 2. The molecule has 0 radical (unpaired) electrons. The first-order chi connectivity index (χ1) is 6.74. The first-order valence-corrected chi connectivity index (χ1v) is 4.71. The van der Waals surface area contributed by atoms with Crippen LogP contribution in [0.15, 0.2) is 29.4 Å². The van der Waals surface area contributed by atoms with E-state index >= 15 is 0 Å². The molecule has 1 aromatic rings. The minimum absolute atomic E-state index is 0.0894. The zero-order valence-electron chi connectivity index (χ0n) is 8.57. The standard InChI is InChI=1S/C10H16N4/c1-3-12-10(11)14-8(2)9-6-4-5-7-13-9/h4-8H,3H2,1-2H3,(H3,11,12,14). The number of nitrogens with two attached hydrogens (primary N) is 1. The van der Waals surface area contributed by atoms with Crippen LogP contribution in [0.5, 0.6) is 0 Å². The fraction of sp³-hybridized carbons (Fsp3) is 0.400. The van der Waals surface area contributed by atoms with E-state index in [-0.39, 0.29) is 6.04 Å². The van der Waals surface area contributed by atoms with Gasteiger partial charge < -0.3 is 11.1 Å². The zero-order valence-corrected chi connectivity index (χ0v) is 8.57. The van der Waals surface area contributed by atoms with Crippen molar-refractivity contribution < 1.29 is 0 Å². The van der Waals surface area contributed by atoms with E-state index in [9.17, 15) is 0 Å². The van der Waals surface area contributed by atoms with Gasteiger partial charge in [0.25, 0.3) is 0 Å². The highest BCUT2D eigenvalue weighted by Gasteiger charge is 2.05. The van der Waals surface area contributed by atoms with E-state index in [1.807, 2.05) is 32.0 Å². The quantitative estimate of drug-likeness (QED) is 0.556. The van der Waals surface area contributed by atoms with Gasteiger partial charge in [0.05, 0.1) is 11.7 Å². The van der Waals surface area contributed by atoms with Crippen LogP contribution < -0.4 is 11.1 Å². The summed E-state index contributed by atoms with van der Waals surface area (Å²) in [4.78, 5) is 8.26. The van der Waals surface area contributed by atoms with Crippen molar-refractivity contribution in [3.05, 3.63) is 30.1 Å². The molecule has 1 heterocycles. The summed E-state index contributed by atoms with van der Waals surface area (Å²) >= 11 is 0. The van der Waals surface area contributed by atoms with Gasteiger partial charge in [0, 0.05) is 12.7 Å². The highest BCUT2D eigenvalue weighted by molar-refractivity contribution is 5.78. The molecule has 1 rings (SSSR count). The van der Waals surface area contributed by atoms with Gasteiger partial charge in [-0.25, -0.2) is 0 Å². The van der Waals surface area contributed by atoms with Gasteiger partial charge in [-0.2, -0.15) is 0 Å². The first kappa shape index (κ1) is 10.5. The molecule has 3 N–H and O–H groups in total. The molecular weight excluding hydrogens is 176 g/mol. The summed E-state index contributed by atoms with van der Waals surface area (Å²) in [6, 6.07) is 5.89. The van der Waals surface area contributed by atoms with Crippen LogP contribution >= 0.6 is 0 Å². The van der Waals surface area contributed by atoms with Crippen molar-refractivity contribution >= 4 is 5.96 Å². The lowest BCUT2D eigenvalue weighted by Gasteiger charge is -2.13. The number of aromatic nitrogens is 1. The van der Waals surface area contributed by atoms with Crippen molar-refractivity contribution in [1.29, 1.82) is 0 Å². The topological polar surface area (TPSA) is 63.3 Å². The van der Waals surface area contributed by atoms with Crippen LogP contribution in [-0.2, 0) is 0 Å². The summed E-state index contributed by atoms with van der Waals surface area (Å²) in [5.41, 5.74) is 6.59. The van der Waals surface area contributed by atoms with Crippen LogP contribution in [0, 0.1) is 0 Å². The zero-order chi connectivity index (χ0) is 10.4. The molecule has 0 amide bonds. The van der Waals surface area contributed by atoms with Crippen molar-refractivity contribution in [3.63, 3.8) is 0 Å². The smallest absolute Gasteiger partial charge is 0.189 e. The predicted octanol–water partition coefficient (Wildman–Crippen LogP) is 1.07. The maximum atomic E-state index is 5.63. The molecule has 1 unspecified atom stereocenters. The molecular formula is C10H16N4. The summed E-state index contributed by atoms with van der Waals surface area (Å²) < 4.78 is 0. The number of nitrogens with zero attached hydrogens (tertiary/aromatic N) is 2. The summed E-state index contributed by atoms with van der Waals surface area (Å²) in [5, 5.41) is 3.06. The van der Waals surface area contributed by atoms with E-state index in [0.717, 1.165) is 5.69 Å². The Bertz CT molecular complexity index is 294.